The van der Waals surface area contributed by atoms with Gasteiger partial charge < -0.3 is 4.74 Å². The number of hydrogen-bond acceptors (Lipinski definition) is 3. The van der Waals surface area contributed by atoms with Crippen molar-refractivity contribution >= 4 is 12.4 Å². The lowest BCUT2D eigenvalue weighted by atomic mass is 9.85. The zero-order chi connectivity index (χ0) is 11.5. The largest absolute Gasteiger partial charge is 0.395 e. The van der Waals surface area contributed by atoms with Crippen molar-refractivity contribution in [3.8, 4) is 0 Å². The van der Waals surface area contributed by atoms with Crippen LogP contribution in [0.1, 0.15) is 46.5 Å². The summed E-state index contributed by atoms with van der Waals surface area (Å²) in [6.07, 6.45) is 4.03. The van der Waals surface area contributed by atoms with Crippen molar-refractivity contribution in [2.75, 3.05) is 0 Å². The van der Waals surface area contributed by atoms with E-state index in [1.54, 1.807) is 0 Å². The van der Waals surface area contributed by atoms with E-state index in [1.165, 1.54) is 0 Å². The Balaban J connectivity index is 2.65. The van der Waals surface area contributed by atoms with E-state index in [1.807, 2.05) is 0 Å². The third kappa shape index (κ3) is 3.33. The van der Waals surface area contributed by atoms with Crippen molar-refractivity contribution < 1.29 is 14.3 Å². The van der Waals surface area contributed by atoms with E-state index in [4.69, 9.17) is 0 Å². The molecular weight excluding hydrogens is 192 g/mol. The lowest BCUT2D eigenvalue weighted by Crippen LogP contribution is -2.23. The van der Waals surface area contributed by atoms with Gasteiger partial charge in [-0.05, 0) is 37.0 Å². The van der Waals surface area contributed by atoms with Crippen LogP contribution in [0.5, 0.6) is 0 Å². The highest BCUT2D eigenvalue weighted by Gasteiger charge is 2.33. The third-order valence-electron chi connectivity index (χ3n) is 3.56. The van der Waals surface area contributed by atoms with Gasteiger partial charge in [0, 0.05) is 0 Å². The second-order valence-corrected chi connectivity index (χ2v) is 5.36. The van der Waals surface area contributed by atoms with Gasteiger partial charge in [-0.25, -0.2) is 0 Å². The number of carbonyl (C=O) groups excluding carboxylic acids is 2. The Kier molecular flexibility index (Phi) is 3.89. The molecule has 0 aromatic carbocycles. The first-order valence-corrected chi connectivity index (χ1v) is 5.60. The molecule has 1 aliphatic rings. The second-order valence-electron chi connectivity index (χ2n) is 5.36. The third-order valence-corrected chi connectivity index (χ3v) is 3.56. The summed E-state index contributed by atoms with van der Waals surface area (Å²) in [5.41, 5.74) is 0.310. The van der Waals surface area contributed by atoms with Gasteiger partial charge in [-0.3, -0.25) is 9.59 Å². The summed E-state index contributed by atoms with van der Waals surface area (Å²) >= 11 is 0. The van der Waals surface area contributed by atoms with Crippen LogP contribution in [0.25, 0.3) is 0 Å². The van der Waals surface area contributed by atoms with Crippen LogP contribution >= 0.6 is 0 Å². The maximum atomic E-state index is 11.5. The maximum absolute atomic E-state index is 11.5. The van der Waals surface area contributed by atoms with Crippen LogP contribution in [0.3, 0.4) is 0 Å². The second kappa shape index (κ2) is 4.77. The molecule has 3 nitrogen and oxygen atoms in total. The van der Waals surface area contributed by atoms with Gasteiger partial charge in [0.15, 0.2) is 0 Å². The molecule has 86 valence electrons. The number of hydrogen-bond donors (Lipinski definition) is 0. The first-order valence-electron chi connectivity index (χ1n) is 5.60. The fourth-order valence-corrected chi connectivity index (χ4v) is 2.26. The van der Waals surface area contributed by atoms with Crippen molar-refractivity contribution in [1.29, 1.82) is 0 Å². The molecule has 1 rings (SSSR count). The molecule has 0 heterocycles. The summed E-state index contributed by atoms with van der Waals surface area (Å²) in [4.78, 5) is 21.7. The van der Waals surface area contributed by atoms with Gasteiger partial charge in [0.05, 0.1) is 5.92 Å². The Bertz CT molecular complexity index is 245. The SMILES string of the molecule is CC1CCC(C)(C)CCC1C(=O)OC=O. The molecular formula is C12H20O3. The molecule has 0 aliphatic heterocycles. The molecule has 0 N–H and O–H groups in total. The monoisotopic (exact) mass is 212 g/mol. The first-order chi connectivity index (χ1) is 6.96. The molecule has 0 amide bonds. The van der Waals surface area contributed by atoms with Crippen molar-refractivity contribution in [3.63, 3.8) is 0 Å². The lowest BCUT2D eigenvalue weighted by molar-refractivity contribution is -0.156. The minimum absolute atomic E-state index is 0.100. The number of carbonyl (C=O) groups is 2. The van der Waals surface area contributed by atoms with Gasteiger partial charge >= 0.3 is 12.4 Å². The fraction of sp³-hybridized carbons (Fsp3) is 0.833. The Morgan fingerprint density at radius 2 is 1.93 bits per heavy atom. The van der Waals surface area contributed by atoms with Gasteiger partial charge in [-0.2, -0.15) is 0 Å². The normalized spacial score (nSPS) is 30.3. The van der Waals surface area contributed by atoms with Gasteiger partial charge in [0.1, 0.15) is 0 Å². The Hall–Kier alpha value is -0.860. The van der Waals surface area contributed by atoms with E-state index in [-0.39, 0.29) is 18.4 Å². The molecule has 15 heavy (non-hydrogen) atoms. The predicted molar refractivity (Wildman–Crippen MR) is 57.1 cm³/mol. The molecule has 1 aliphatic carbocycles. The van der Waals surface area contributed by atoms with Crippen LogP contribution in [-0.2, 0) is 14.3 Å². The molecule has 0 bridgehead atoms. The lowest BCUT2D eigenvalue weighted by Gasteiger charge is -2.21. The molecule has 0 aromatic rings. The van der Waals surface area contributed by atoms with E-state index in [9.17, 15) is 9.59 Å². The zero-order valence-corrected chi connectivity index (χ0v) is 9.79. The number of rotatable bonds is 2. The van der Waals surface area contributed by atoms with Crippen molar-refractivity contribution in [1.82, 2.24) is 0 Å². The van der Waals surface area contributed by atoms with Crippen LogP contribution in [-0.4, -0.2) is 12.4 Å². The average Bonchev–Trinajstić information content (AvgIpc) is 2.27. The topological polar surface area (TPSA) is 43.4 Å². The smallest absolute Gasteiger partial charge is 0.316 e. The highest BCUT2D eigenvalue weighted by Crippen LogP contribution is 2.39. The quantitative estimate of drug-likeness (QED) is 0.306. The van der Waals surface area contributed by atoms with E-state index >= 15 is 0 Å². The molecule has 2 atom stereocenters. The number of esters is 1. The Morgan fingerprint density at radius 3 is 2.53 bits per heavy atom. The van der Waals surface area contributed by atoms with Gasteiger partial charge in [-0.15, -0.1) is 0 Å². The van der Waals surface area contributed by atoms with Crippen LogP contribution in [0.4, 0.5) is 0 Å². The van der Waals surface area contributed by atoms with Gasteiger partial charge in [0.25, 0.3) is 0 Å². The van der Waals surface area contributed by atoms with Gasteiger partial charge in [0.2, 0.25) is 0 Å². The van der Waals surface area contributed by atoms with E-state index in [0.717, 1.165) is 25.7 Å². The minimum Gasteiger partial charge on any atom is -0.395 e. The van der Waals surface area contributed by atoms with Crippen molar-refractivity contribution in [3.05, 3.63) is 0 Å². The Labute approximate surface area is 91.2 Å². The van der Waals surface area contributed by atoms with Crippen LogP contribution < -0.4 is 0 Å². The molecule has 1 saturated carbocycles. The molecule has 0 spiro atoms. The highest BCUT2D eigenvalue weighted by molar-refractivity contribution is 5.78. The standard InChI is InChI=1S/C12H20O3/c1-9-4-6-12(2,3)7-5-10(9)11(14)15-8-13/h8-10H,4-7H2,1-3H3. The zero-order valence-electron chi connectivity index (χ0n) is 9.79. The van der Waals surface area contributed by atoms with E-state index < -0.39 is 0 Å². The van der Waals surface area contributed by atoms with Crippen LogP contribution in [0, 0.1) is 17.3 Å². The predicted octanol–water partition coefficient (Wildman–Crippen LogP) is 2.54. The van der Waals surface area contributed by atoms with Crippen LogP contribution in [0.15, 0.2) is 0 Å². The molecule has 1 fully saturated rings. The van der Waals surface area contributed by atoms with Crippen molar-refractivity contribution in [2.45, 2.75) is 46.5 Å². The molecule has 0 saturated heterocycles. The first kappa shape index (κ1) is 12.2. The summed E-state index contributed by atoms with van der Waals surface area (Å²) < 4.78 is 4.46. The molecule has 0 aromatic heterocycles. The minimum atomic E-state index is -0.352. The summed E-state index contributed by atoms with van der Waals surface area (Å²) in [5.74, 6) is -0.133. The van der Waals surface area contributed by atoms with Crippen molar-refractivity contribution in [2.24, 2.45) is 17.3 Å². The van der Waals surface area contributed by atoms with E-state index in [2.05, 4.69) is 25.5 Å². The summed E-state index contributed by atoms with van der Waals surface area (Å²) in [5, 5.41) is 0. The molecule has 2 unspecified atom stereocenters. The highest BCUT2D eigenvalue weighted by atomic mass is 16.6. The average molecular weight is 212 g/mol. The summed E-state index contributed by atoms with van der Waals surface area (Å²) in [6, 6.07) is 0. The fourth-order valence-electron chi connectivity index (χ4n) is 2.26. The molecule has 0 radical (unpaired) electrons. The Morgan fingerprint density at radius 1 is 1.33 bits per heavy atom. The summed E-state index contributed by atoms with van der Waals surface area (Å²) in [7, 11) is 0. The van der Waals surface area contributed by atoms with E-state index in [0.29, 0.717) is 11.3 Å². The van der Waals surface area contributed by atoms with Gasteiger partial charge in [-0.1, -0.05) is 20.8 Å². The van der Waals surface area contributed by atoms with Crippen LogP contribution in [0.2, 0.25) is 0 Å². The molecule has 3 heteroatoms. The summed E-state index contributed by atoms with van der Waals surface area (Å²) in [6.45, 7) is 6.77. The number of ether oxygens (including phenoxy) is 1. The maximum Gasteiger partial charge on any atom is 0.316 e.